The van der Waals surface area contributed by atoms with Crippen LogP contribution < -0.4 is 5.73 Å². The summed E-state index contributed by atoms with van der Waals surface area (Å²) in [5, 5.41) is 2.07. The van der Waals surface area contributed by atoms with Gasteiger partial charge in [0.1, 0.15) is 11.4 Å². The first-order chi connectivity index (χ1) is 8.31. The molecule has 5 heteroatoms. The topological polar surface area (TPSA) is 61.0 Å². The van der Waals surface area contributed by atoms with Crippen LogP contribution in [0.5, 0.6) is 0 Å². The Morgan fingerprint density at radius 2 is 2.24 bits per heavy atom. The van der Waals surface area contributed by atoms with Gasteiger partial charge in [-0.05, 0) is 24.6 Å². The van der Waals surface area contributed by atoms with Crippen LogP contribution in [0.25, 0.3) is 10.9 Å². The standard InChI is InChI=1S/C12H15N3OS/c1-16-5-2-6-17-12-10-4-3-9(13)7-11(10)14-8-15-12/h3-4,7-8H,2,5-6,13H2,1H3. The van der Waals surface area contributed by atoms with Gasteiger partial charge in [0, 0.05) is 30.5 Å². The van der Waals surface area contributed by atoms with E-state index >= 15 is 0 Å². The Morgan fingerprint density at radius 3 is 3.06 bits per heavy atom. The molecule has 4 nitrogen and oxygen atoms in total. The number of ether oxygens (including phenoxy) is 1. The molecule has 0 spiro atoms. The van der Waals surface area contributed by atoms with E-state index in [9.17, 15) is 0 Å². The molecule has 0 aliphatic heterocycles. The zero-order chi connectivity index (χ0) is 12.1. The molecule has 17 heavy (non-hydrogen) atoms. The van der Waals surface area contributed by atoms with Crippen LogP contribution in [0.4, 0.5) is 5.69 Å². The van der Waals surface area contributed by atoms with Crippen LogP contribution in [-0.2, 0) is 4.74 Å². The van der Waals surface area contributed by atoms with E-state index in [2.05, 4.69) is 9.97 Å². The molecule has 0 amide bonds. The van der Waals surface area contributed by atoms with Crippen molar-refractivity contribution in [3.8, 4) is 0 Å². The summed E-state index contributed by atoms with van der Waals surface area (Å²) in [5.41, 5.74) is 7.36. The average Bonchev–Trinajstić information content (AvgIpc) is 2.34. The molecule has 1 aromatic heterocycles. The Bertz CT molecular complexity index is 504. The largest absolute Gasteiger partial charge is 0.399 e. The van der Waals surface area contributed by atoms with Gasteiger partial charge in [0.05, 0.1) is 5.52 Å². The predicted octanol–water partition coefficient (Wildman–Crippen LogP) is 2.34. The van der Waals surface area contributed by atoms with Gasteiger partial charge in [0.2, 0.25) is 0 Å². The van der Waals surface area contributed by atoms with Crippen molar-refractivity contribution in [2.45, 2.75) is 11.4 Å². The summed E-state index contributed by atoms with van der Waals surface area (Å²) in [6.07, 6.45) is 2.60. The summed E-state index contributed by atoms with van der Waals surface area (Å²) in [6.45, 7) is 0.781. The molecule has 90 valence electrons. The third kappa shape index (κ3) is 3.08. The van der Waals surface area contributed by atoms with Crippen LogP contribution in [-0.4, -0.2) is 29.4 Å². The number of hydrogen-bond acceptors (Lipinski definition) is 5. The minimum Gasteiger partial charge on any atom is -0.399 e. The highest BCUT2D eigenvalue weighted by atomic mass is 32.2. The first-order valence-corrected chi connectivity index (χ1v) is 6.42. The van der Waals surface area contributed by atoms with Crippen molar-refractivity contribution in [1.82, 2.24) is 9.97 Å². The fraction of sp³-hybridized carbons (Fsp3) is 0.333. The Kier molecular flexibility index (Phi) is 4.17. The van der Waals surface area contributed by atoms with Gasteiger partial charge in [-0.1, -0.05) is 0 Å². The summed E-state index contributed by atoms with van der Waals surface area (Å²) in [6, 6.07) is 5.73. The molecule has 2 N–H and O–H groups in total. The fourth-order valence-electron chi connectivity index (χ4n) is 1.54. The Morgan fingerprint density at radius 1 is 1.35 bits per heavy atom. The van der Waals surface area contributed by atoms with Crippen molar-refractivity contribution in [1.29, 1.82) is 0 Å². The van der Waals surface area contributed by atoms with E-state index in [1.807, 2.05) is 18.2 Å². The van der Waals surface area contributed by atoms with E-state index in [4.69, 9.17) is 10.5 Å². The van der Waals surface area contributed by atoms with Crippen molar-refractivity contribution in [3.05, 3.63) is 24.5 Å². The van der Waals surface area contributed by atoms with Crippen molar-refractivity contribution in [2.24, 2.45) is 0 Å². The predicted molar refractivity (Wildman–Crippen MR) is 71.2 cm³/mol. The maximum absolute atomic E-state index is 5.73. The highest BCUT2D eigenvalue weighted by molar-refractivity contribution is 7.99. The molecular weight excluding hydrogens is 234 g/mol. The van der Waals surface area contributed by atoms with Gasteiger partial charge in [0.15, 0.2) is 0 Å². The molecule has 0 bridgehead atoms. The number of methoxy groups -OCH3 is 1. The van der Waals surface area contributed by atoms with Gasteiger partial charge in [-0.15, -0.1) is 11.8 Å². The zero-order valence-electron chi connectivity index (χ0n) is 9.72. The lowest BCUT2D eigenvalue weighted by molar-refractivity contribution is 0.200. The molecule has 0 unspecified atom stereocenters. The lowest BCUT2D eigenvalue weighted by atomic mass is 10.2. The van der Waals surface area contributed by atoms with Crippen molar-refractivity contribution in [3.63, 3.8) is 0 Å². The highest BCUT2D eigenvalue weighted by Gasteiger charge is 2.04. The molecule has 2 aromatic rings. The van der Waals surface area contributed by atoms with Crippen molar-refractivity contribution in [2.75, 3.05) is 25.2 Å². The molecule has 0 radical (unpaired) electrons. The number of thioether (sulfide) groups is 1. The van der Waals surface area contributed by atoms with E-state index in [1.165, 1.54) is 0 Å². The first kappa shape index (κ1) is 12.1. The second-order valence-corrected chi connectivity index (χ2v) is 4.73. The maximum Gasteiger partial charge on any atom is 0.117 e. The van der Waals surface area contributed by atoms with E-state index in [0.717, 1.165) is 40.4 Å². The van der Waals surface area contributed by atoms with Gasteiger partial charge in [0.25, 0.3) is 0 Å². The number of nitrogen functional groups attached to an aromatic ring is 1. The zero-order valence-corrected chi connectivity index (χ0v) is 10.5. The fourth-order valence-corrected chi connectivity index (χ4v) is 2.44. The monoisotopic (exact) mass is 249 g/mol. The maximum atomic E-state index is 5.73. The Hall–Kier alpha value is -1.33. The van der Waals surface area contributed by atoms with Gasteiger partial charge in [-0.3, -0.25) is 0 Å². The van der Waals surface area contributed by atoms with Crippen LogP contribution in [0.1, 0.15) is 6.42 Å². The molecular formula is C12H15N3OS. The number of nitrogens with two attached hydrogens (primary N) is 1. The number of hydrogen-bond donors (Lipinski definition) is 1. The normalized spacial score (nSPS) is 10.9. The molecule has 0 saturated heterocycles. The van der Waals surface area contributed by atoms with Crippen LogP contribution in [0, 0.1) is 0 Å². The number of rotatable bonds is 5. The molecule has 0 aliphatic rings. The van der Waals surface area contributed by atoms with Crippen LogP contribution >= 0.6 is 11.8 Å². The quantitative estimate of drug-likeness (QED) is 0.381. The second kappa shape index (κ2) is 5.84. The van der Waals surface area contributed by atoms with E-state index in [-0.39, 0.29) is 0 Å². The second-order valence-electron chi connectivity index (χ2n) is 3.65. The molecule has 0 atom stereocenters. The average molecular weight is 249 g/mol. The lowest BCUT2D eigenvalue weighted by Crippen LogP contribution is -1.93. The summed E-state index contributed by atoms with van der Waals surface area (Å²) in [4.78, 5) is 8.52. The van der Waals surface area contributed by atoms with E-state index in [1.54, 1.807) is 25.2 Å². The number of anilines is 1. The minimum absolute atomic E-state index is 0.728. The van der Waals surface area contributed by atoms with Gasteiger partial charge < -0.3 is 10.5 Å². The van der Waals surface area contributed by atoms with Crippen LogP contribution in [0.3, 0.4) is 0 Å². The van der Waals surface area contributed by atoms with Gasteiger partial charge in [-0.2, -0.15) is 0 Å². The molecule has 1 aromatic carbocycles. The molecule has 0 fully saturated rings. The Labute approximate surface area is 105 Å². The van der Waals surface area contributed by atoms with Crippen LogP contribution in [0.15, 0.2) is 29.6 Å². The number of benzene rings is 1. The molecule has 0 saturated carbocycles. The smallest absolute Gasteiger partial charge is 0.117 e. The minimum atomic E-state index is 0.728. The summed E-state index contributed by atoms with van der Waals surface area (Å²) in [5.74, 6) is 0.990. The summed E-state index contributed by atoms with van der Waals surface area (Å²) in [7, 11) is 1.72. The van der Waals surface area contributed by atoms with E-state index in [0.29, 0.717) is 0 Å². The highest BCUT2D eigenvalue weighted by Crippen LogP contribution is 2.25. The third-order valence-corrected chi connectivity index (χ3v) is 3.45. The number of nitrogens with zero attached hydrogens (tertiary/aromatic N) is 2. The van der Waals surface area contributed by atoms with Crippen molar-refractivity contribution < 1.29 is 4.74 Å². The lowest BCUT2D eigenvalue weighted by Gasteiger charge is -2.05. The van der Waals surface area contributed by atoms with Gasteiger partial charge >= 0.3 is 0 Å². The molecule has 0 aliphatic carbocycles. The SMILES string of the molecule is COCCCSc1ncnc2cc(N)ccc12. The van der Waals surface area contributed by atoms with Crippen molar-refractivity contribution >= 4 is 28.4 Å². The molecule has 1 heterocycles. The Balaban J connectivity index is 2.16. The number of aromatic nitrogens is 2. The summed E-state index contributed by atoms with van der Waals surface area (Å²) >= 11 is 1.72. The number of fused-ring (bicyclic) bond motifs is 1. The first-order valence-electron chi connectivity index (χ1n) is 5.43. The third-order valence-electron chi connectivity index (χ3n) is 2.36. The molecule has 2 rings (SSSR count). The summed E-state index contributed by atoms with van der Waals surface area (Å²) < 4.78 is 5.02. The van der Waals surface area contributed by atoms with Gasteiger partial charge in [-0.25, -0.2) is 9.97 Å². The van der Waals surface area contributed by atoms with Crippen LogP contribution in [0.2, 0.25) is 0 Å². The van der Waals surface area contributed by atoms with E-state index < -0.39 is 0 Å².